The van der Waals surface area contributed by atoms with E-state index in [2.05, 4.69) is 4.98 Å². The van der Waals surface area contributed by atoms with Gasteiger partial charge >= 0.3 is 0 Å². The Labute approximate surface area is 112 Å². The van der Waals surface area contributed by atoms with Crippen LogP contribution >= 0.6 is 11.6 Å². The topological polar surface area (TPSA) is 16.1 Å². The number of anilines is 1. The second-order valence-electron chi connectivity index (χ2n) is 5.37. The summed E-state index contributed by atoms with van der Waals surface area (Å²) in [6.45, 7) is 5.76. The molecule has 0 aliphatic carbocycles. The van der Waals surface area contributed by atoms with Gasteiger partial charge in [0.2, 0.25) is 0 Å². The molecule has 0 saturated heterocycles. The summed E-state index contributed by atoms with van der Waals surface area (Å²) in [7, 11) is 1.61. The average Bonchev–Trinajstić information content (AvgIpc) is 2.26. The van der Waals surface area contributed by atoms with E-state index in [1.807, 2.05) is 26.8 Å². The molecule has 0 aliphatic rings. The molecule has 0 amide bonds. The summed E-state index contributed by atoms with van der Waals surface area (Å²) in [4.78, 5) is 5.89. The van der Waals surface area contributed by atoms with Gasteiger partial charge in [-0.1, -0.05) is 20.8 Å². The summed E-state index contributed by atoms with van der Waals surface area (Å²) in [5, 5.41) is 0. The summed E-state index contributed by atoms with van der Waals surface area (Å²) >= 11 is 5.84. The average molecular weight is 277 g/mol. The monoisotopic (exact) mass is 276 g/mol. The molecule has 0 saturated carbocycles. The number of rotatable bonds is 4. The van der Waals surface area contributed by atoms with E-state index in [1.165, 1.54) is 4.90 Å². The van der Waals surface area contributed by atoms with Crippen molar-refractivity contribution in [2.45, 2.75) is 38.5 Å². The number of nitrogens with zero attached hydrogens (tertiary/aromatic N) is 2. The summed E-state index contributed by atoms with van der Waals surface area (Å²) in [5.74, 6) is 0.888. The smallest absolute Gasteiger partial charge is 0.255 e. The number of alkyl halides is 3. The molecule has 0 atom stereocenters. The third kappa shape index (κ3) is 4.09. The molecule has 102 valence electrons. The highest BCUT2D eigenvalue weighted by Gasteiger charge is 2.19. The Bertz CT molecular complexity index is 402. The highest BCUT2D eigenvalue weighted by atomic mass is 35.5. The third-order valence-corrected chi connectivity index (χ3v) is 2.91. The van der Waals surface area contributed by atoms with Crippen LogP contribution in [0.1, 0.15) is 32.0 Å². The highest BCUT2D eigenvalue weighted by molar-refractivity contribution is 6.17. The zero-order valence-corrected chi connectivity index (χ0v) is 11.9. The van der Waals surface area contributed by atoms with Gasteiger partial charge < -0.3 is 4.90 Å². The Morgan fingerprint density at radius 1 is 1.33 bits per heavy atom. The first-order valence-corrected chi connectivity index (χ1v) is 6.34. The van der Waals surface area contributed by atoms with Crippen molar-refractivity contribution in [1.82, 2.24) is 4.98 Å². The lowest BCUT2D eigenvalue weighted by Gasteiger charge is -2.23. The van der Waals surface area contributed by atoms with Crippen molar-refractivity contribution in [3.8, 4) is 0 Å². The molecule has 1 heterocycles. The molecule has 1 aromatic heterocycles. The Morgan fingerprint density at radius 3 is 2.39 bits per heavy atom. The fraction of sp³-hybridized carbons (Fsp3) is 0.615. The van der Waals surface area contributed by atoms with Gasteiger partial charge in [-0.05, 0) is 17.7 Å². The van der Waals surface area contributed by atoms with E-state index in [0.29, 0.717) is 11.7 Å². The molecule has 0 spiro atoms. The van der Waals surface area contributed by atoms with E-state index in [4.69, 9.17) is 11.6 Å². The number of hydrogen-bond donors (Lipinski definition) is 0. The predicted octanol–water partition coefficient (Wildman–Crippen LogP) is 3.82. The van der Waals surface area contributed by atoms with Gasteiger partial charge in [0.05, 0.1) is 6.54 Å². The van der Waals surface area contributed by atoms with E-state index in [9.17, 15) is 8.78 Å². The van der Waals surface area contributed by atoms with Gasteiger partial charge in [-0.15, -0.1) is 11.6 Å². The van der Waals surface area contributed by atoms with Crippen LogP contribution in [0.3, 0.4) is 0 Å². The molecule has 0 fully saturated rings. The van der Waals surface area contributed by atoms with Crippen LogP contribution < -0.4 is 4.90 Å². The Kier molecular flexibility index (Phi) is 4.91. The van der Waals surface area contributed by atoms with Gasteiger partial charge in [0, 0.05) is 24.0 Å². The lowest BCUT2D eigenvalue weighted by atomic mass is 9.91. The molecular formula is C13H19ClF2N2. The maximum atomic E-state index is 12.4. The van der Waals surface area contributed by atoms with Crippen molar-refractivity contribution in [2.24, 2.45) is 0 Å². The largest absolute Gasteiger partial charge is 0.354 e. The number of halogens is 3. The van der Waals surface area contributed by atoms with Crippen LogP contribution in [0.15, 0.2) is 12.1 Å². The lowest BCUT2D eigenvalue weighted by molar-refractivity contribution is 0.156. The highest BCUT2D eigenvalue weighted by Crippen LogP contribution is 2.25. The Hall–Kier alpha value is -0.900. The molecule has 1 rings (SSSR count). The molecule has 0 bridgehead atoms. The lowest BCUT2D eigenvalue weighted by Crippen LogP contribution is -2.26. The second kappa shape index (κ2) is 5.83. The molecule has 5 heteroatoms. The molecule has 0 radical (unpaired) electrons. The third-order valence-electron chi connectivity index (χ3n) is 2.60. The molecule has 0 unspecified atom stereocenters. The minimum absolute atomic E-state index is 0.136. The number of pyridine rings is 1. The number of hydrogen-bond acceptors (Lipinski definition) is 2. The van der Waals surface area contributed by atoms with Crippen LogP contribution in [0.4, 0.5) is 14.6 Å². The molecule has 0 aliphatic heterocycles. The maximum absolute atomic E-state index is 12.4. The minimum atomic E-state index is -2.38. The summed E-state index contributed by atoms with van der Waals surface area (Å²) in [6, 6.07) is 3.68. The van der Waals surface area contributed by atoms with Crippen molar-refractivity contribution in [3.05, 3.63) is 23.4 Å². The van der Waals surface area contributed by atoms with Gasteiger partial charge in [0.25, 0.3) is 6.43 Å². The van der Waals surface area contributed by atoms with Gasteiger partial charge in [-0.2, -0.15) is 0 Å². The van der Waals surface area contributed by atoms with Crippen LogP contribution in [0, 0.1) is 0 Å². The van der Waals surface area contributed by atoms with Crippen molar-refractivity contribution in [1.29, 1.82) is 0 Å². The van der Waals surface area contributed by atoms with Crippen LogP contribution in [-0.4, -0.2) is 25.0 Å². The van der Waals surface area contributed by atoms with E-state index < -0.39 is 6.43 Å². The van der Waals surface area contributed by atoms with Crippen molar-refractivity contribution in [3.63, 3.8) is 0 Å². The zero-order valence-electron chi connectivity index (χ0n) is 11.2. The molecule has 0 aromatic carbocycles. The first kappa shape index (κ1) is 15.2. The SMILES string of the molecule is CN(CC(F)F)c1cc(CCl)cc(C(C)(C)C)n1. The zero-order chi connectivity index (χ0) is 13.9. The normalized spacial score (nSPS) is 12.0. The van der Waals surface area contributed by atoms with E-state index in [-0.39, 0.29) is 12.0 Å². The molecular weight excluding hydrogens is 258 g/mol. The first-order chi connectivity index (χ1) is 8.24. The second-order valence-corrected chi connectivity index (χ2v) is 5.64. The predicted molar refractivity (Wildman–Crippen MR) is 71.8 cm³/mol. The Balaban J connectivity index is 3.12. The molecule has 1 aromatic rings. The Morgan fingerprint density at radius 2 is 1.94 bits per heavy atom. The molecule has 0 N–H and O–H groups in total. The van der Waals surface area contributed by atoms with Crippen molar-refractivity contribution < 1.29 is 8.78 Å². The van der Waals surface area contributed by atoms with Crippen molar-refractivity contribution in [2.75, 3.05) is 18.5 Å². The van der Waals surface area contributed by atoms with E-state index in [0.717, 1.165) is 11.3 Å². The molecule has 18 heavy (non-hydrogen) atoms. The summed E-state index contributed by atoms with van der Waals surface area (Å²) in [5.41, 5.74) is 1.62. The van der Waals surface area contributed by atoms with Crippen LogP contribution in [0.2, 0.25) is 0 Å². The fourth-order valence-corrected chi connectivity index (χ4v) is 1.68. The van der Waals surface area contributed by atoms with E-state index in [1.54, 1.807) is 13.1 Å². The molecule has 2 nitrogen and oxygen atoms in total. The quantitative estimate of drug-likeness (QED) is 0.777. The summed E-state index contributed by atoms with van der Waals surface area (Å²) in [6.07, 6.45) is -2.38. The maximum Gasteiger partial charge on any atom is 0.255 e. The van der Waals surface area contributed by atoms with Gasteiger partial charge in [0.15, 0.2) is 0 Å². The standard InChI is InChI=1S/C13H19ClF2N2/c1-13(2,3)10-5-9(7-14)6-12(17-10)18(4)8-11(15)16/h5-6,11H,7-8H2,1-4H3. The van der Waals surface area contributed by atoms with Crippen molar-refractivity contribution >= 4 is 17.4 Å². The van der Waals surface area contributed by atoms with Crippen LogP contribution in [-0.2, 0) is 11.3 Å². The van der Waals surface area contributed by atoms with Gasteiger partial charge in [-0.25, -0.2) is 13.8 Å². The van der Waals surface area contributed by atoms with Crippen LogP contribution in [0.25, 0.3) is 0 Å². The van der Waals surface area contributed by atoms with E-state index >= 15 is 0 Å². The number of aromatic nitrogens is 1. The first-order valence-electron chi connectivity index (χ1n) is 5.80. The van der Waals surface area contributed by atoms with Gasteiger partial charge in [0.1, 0.15) is 5.82 Å². The van der Waals surface area contributed by atoms with Crippen LogP contribution in [0.5, 0.6) is 0 Å². The fourth-order valence-electron chi connectivity index (χ4n) is 1.53. The van der Waals surface area contributed by atoms with Gasteiger partial charge in [-0.3, -0.25) is 0 Å². The minimum Gasteiger partial charge on any atom is -0.354 e. The summed E-state index contributed by atoms with van der Waals surface area (Å²) < 4.78 is 24.8.